The van der Waals surface area contributed by atoms with E-state index in [4.69, 9.17) is 16.3 Å². The van der Waals surface area contributed by atoms with Crippen molar-refractivity contribution in [3.05, 3.63) is 58.9 Å². The van der Waals surface area contributed by atoms with Crippen LogP contribution in [0.25, 0.3) is 0 Å². The lowest BCUT2D eigenvalue weighted by Gasteiger charge is -2.08. The molecule has 0 aliphatic heterocycles. The number of hydrogen-bond acceptors (Lipinski definition) is 4. The van der Waals surface area contributed by atoms with Gasteiger partial charge in [0, 0.05) is 6.26 Å². The average Bonchev–Trinajstić information content (AvgIpc) is 2.40. The Morgan fingerprint density at radius 3 is 2.48 bits per heavy atom. The van der Waals surface area contributed by atoms with E-state index >= 15 is 0 Å². The lowest BCUT2D eigenvalue weighted by molar-refractivity contribution is 0.0728. The summed E-state index contributed by atoms with van der Waals surface area (Å²) in [5.74, 6) is -1.90. The molecule has 2 aromatic rings. The molecule has 0 fully saturated rings. The number of esters is 1. The van der Waals surface area contributed by atoms with Gasteiger partial charge >= 0.3 is 5.97 Å². The molecule has 0 aromatic heterocycles. The summed E-state index contributed by atoms with van der Waals surface area (Å²) in [5.41, 5.74) is -0.150. The zero-order valence-corrected chi connectivity index (χ0v) is 12.4. The molecule has 21 heavy (non-hydrogen) atoms. The third kappa shape index (κ3) is 3.59. The van der Waals surface area contributed by atoms with E-state index in [0.29, 0.717) is 0 Å². The van der Waals surface area contributed by atoms with E-state index in [9.17, 15) is 17.6 Å². The van der Waals surface area contributed by atoms with Gasteiger partial charge in [0.05, 0.1) is 15.5 Å². The molecule has 0 bridgehead atoms. The second kappa shape index (κ2) is 5.83. The van der Waals surface area contributed by atoms with Crippen LogP contribution in [0.1, 0.15) is 10.4 Å². The lowest BCUT2D eigenvalue weighted by atomic mass is 10.2. The predicted molar refractivity (Wildman–Crippen MR) is 75.9 cm³/mol. The quantitative estimate of drug-likeness (QED) is 0.641. The molecule has 0 N–H and O–H groups in total. The Bertz CT molecular complexity index is 802. The molecule has 0 aliphatic rings. The van der Waals surface area contributed by atoms with Gasteiger partial charge in [-0.05, 0) is 30.3 Å². The van der Waals surface area contributed by atoms with Crippen LogP contribution in [0.3, 0.4) is 0 Å². The van der Waals surface area contributed by atoms with Crippen molar-refractivity contribution < 1.29 is 22.3 Å². The van der Waals surface area contributed by atoms with E-state index < -0.39 is 21.6 Å². The summed E-state index contributed by atoms with van der Waals surface area (Å²) in [6, 6.07) is 9.01. The van der Waals surface area contributed by atoms with Crippen molar-refractivity contribution in [1.82, 2.24) is 0 Å². The van der Waals surface area contributed by atoms with Crippen molar-refractivity contribution in [2.24, 2.45) is 0 Å². The summed E-state index contributed by atoms with van der Waals surface area (Å²) in [6.45, 7) is 0. The number of rotatable bonds is 3. The molecule has 0 saturated carbocycles. The van der Waals surface area contributed by atoms with Gasteiger partial charge in [-0.15, -0.1) is 0 Å². The molecule has 0 atom stereocenters. The van der Waals surface area contributed by atoms with E-state index in [1.807, 2.05) is 0 Å². The topological polar surface area (TPSA) is 60.4 Å². The number of ether oxygens (including phenoxy) is 1. The number of para-hydroxylation sites is 1. The zero-order chi connectivity index (χ0) is 15.6. The van der Waals surface area contributed by atoms with Crippen molar-refractivity contribution >= 4 is 27.4 Å². The zero-order valence-electron chi connectivity index (χ0n) is 10.8. The van der Waals surface area contributed by atoms with Crippen LogP contribution < -0.4 is 4.74 Å². The predicted octanol–water partition coefficient (Wildman–Crippen LogP) is 3.10. The van der Waals surface area contributed by atoms with Crippen LogP contribution in [0.5, 0.6) is 5.75 Å². The van der Waals surface area contributed by atoms with Gasteiger partial charge in [0.15, 0.2) is 21.4 Å². The fraction of sp³-hybridized carbons (Fsp3) is 0.0714. The van der Waals surface area contributed by atoms with Crippen molar-refractivity contribution in [3.8, 4) is 5.75 Å². The highest BCUT2D eigenvalue weighted by Crippen LogP contribution is 2.23. The van der Waals surface area contributed by atoms with E-state index in [-0.39, 0.29) is 21.2 Å². The molecule has 7 heteroatoms. The highest BCUT2D eigenvalue weighted by atomic mass is 35.5. The first kappa shape index (κ1) is 15.5. The Morgan fingerprint density at radius 1 is 1.19 bits per heavy atom. The second-order valence-electron chi connectivity index (χ2n) is 4.23. The van der Waals surface area contributed by atoms with Gasteiger partial charge in [-0.2, -0.15) is 0 Å². The molecule has 0 aliphatic carbocycles. The summed E-state index contributed by atoms with van der Waals surface area (Å²) in [4.78, 5) is 11.9. The smallest absolute Gasteiger partial charge is 0.345 e. The second-order valence-corrected chi connectivity index (χ2v) is 6.66. The molecule has 0 radical (unpaired) electrons. The summed E-state index contributed by atoms with van der Waals surface area (Å²) in [7, 11) is -3.50. The first-order valence-corrected chi connectivity index (χ1v) is 8.02. The molecular weight excluding hydrogens is 319 g/mol. The minimum absolute atomic E-state index is 0.0174. The standard InChI is InChI=1S/C14H10ClFO4S/c1-21(18,19)9-6-7-11(15)10(8-9)14(17)20-13-5-3-2-4-12(13)16/h2-8H,1H3. The van der Waals surface area contributed by atoms with Crippen LogP contribution in [-0.4, -0.2) is 20.6 Å². The van der Waals surface area contributed by atoms with Crippen molar-refractivity contribution in [2.75, 3.05) is 6.26 Å². The number of carbonyl (C=O) groups excluding carboxylic acids is 1. The third-order valence-corrected chi connectivity index (χ3v) is 4.07. The first-order valence-electron chi connectivity index (χ1n) is 5.75. The summed E-state index contributed by atoms with van der Waals surface area (Å²) >= 11 is 5.86. The Labute approximate surface area is 126 Å². The highest BCUT2D eigenvalue weighted by molar-refractivity contribution is 7.90. The van der Waals surface area contributed by atoms with Crippen LogP contribution in [-0.2, 0) is 9.84 Å². The molecule has 0 spiro atoms. The number of hydrogen-bond donors (Lipinski definition) is 0. The molecule has 4 nitrogen and oxygen atoms in total. The third-order valence-electron chi connectivity index (χ3n) is 2.63. The van der Waals surface area contributed by atoms with Gasteiger partial charge < -0.3 is 4.74 Å². The SMILES string of the molecule is CS(=O)(=O)c1ccc(Cl)c(C(=O)Oc2ccccc2F)c1. The van der Waals surface area contributed by atoms with E-state index in [1.54, 1.807) is 0 Å². The van der Waals surface area contributed by atoms with E-state index in [2.05, 4.69) is 0 Å². The van der Waals surface area contributed by atoms with Gasteiger partial charge in [0.2, 0.25) is 0 Å². The number of benzene rings is 2. The van der Waals surface area contributed by atoms with Crippen LogP contribution in [0.4, 0.5) is 4.39 Å². The maximum atomic E-state index is 13.4. The maximum Gasteiger partial charge on any atom is 0.345 e. The summed E-state index contributed by atoms with van der Waals surface area (Å²) in [6.07, 6.45) is 1.00. The Kier molecular flexibility index (Phi) is 4.29. The number of halogens is 2. The molecule has 0 amide bonds. The van der Waals surface area contributed by atoms with Gasteiger partial charge in [0.25, 0.3) is 0 Å². The number of sulfone groups is 1. The Morgan fingerprint density at radius 2 is 1.86 bits per heavy atom. The Hall–Kier alpha value is -1.92. The van der Waals surface area contributed by atoms with Crippen molar-refractivity contribution in [1.29, 1.82) is 0 Å². The molecular formula is C14H10ClFO4S. The fourth-order valence-electron chi connectivity index (χ4n) is 1.57. The van der Waals surface area contributed by atoms with Crippen molar-refractivity contribution in [3.63, 3.8) is 0 Å². The summed E-state index contributed by atoms with van der Waals surface area (Å²) in [5, 5.41) is 0.0174. The molecule has 0 saturated heterocycles. The van der Waals surface area contributed by atoms with Crippen molar-refractivity contribution in [2.45, 2.75) is 4.90 Å². The molecule has 0 unspecified atom stereocenters. The first-order chi connectivity index (χ1) is 9.79. The van der Waals surface area contributed by atoms with Crippen LogP contribution in [0, 0.1) is 5.82 Å². The largest absolute Gasteiger partial charge is 0.420 e. The minimum Gasteiger partial charge on any atom is -0.420 e. The molecule has 0 heterocycles. The fourth-order valence-corrected chi connectivity index (χ4v) is 2.42. The maximum absolute atomic E-state index is 13.4. The van der Waals surface area contributed by atoms with Crippen LogP contribution in [0.2, 0.25) is 5.02 Å². The van der Waals surface area contributed by atoms with Gasteiger partial charge in [-0.1, -0.05) is 23.7 Å². The summed E-state index contributed by atoms with van der Waals surface area (Å²) < 4.78 is 41.3. The van der Waals surface area contributed by atoms with E-state index in [1.165, 1.54) is 30.3 Å². The highest BCUT2D eigenvalue weighted by Gasteiger charge is 2.18. The van der Waals surface area contributed by atoms with Gasteiger partial charge in [0.1, 0.15) is 0 Å². The monoisotopic (exact) mass is 328 g/mol. The van der Waals surface area contributed by atoms with Crippen LogP contribution >= 0.6 is 11.6 Å². The minimum atomic E-state index is -3.50. The average molecular weight is 329 g/mol. The molecule has 2 aromatic carbocycles. The van der Waals surface area contributed by atoms with Gasteiger partial charge in [-0.25, -0.2) is 17.6 Å². The lowest BCUT2D eigenvalue weighted by Crippen LogP contribution is -2.11. The molecule has 2 rings (SSSR count). The Balaban J connectivity index is 2.38. The molecule has 110 valence electrons. The van der Waals surface area contributed by atoms with Crippen LogP contribution in [0.15, 0.2) is 47.4 Å². The number of carbonyl (C=O) groups is 1. The van der Waals surface area contributed by atoms with Gasteiger partial charge in [-0.3, -0.25) is 0 Å². The van der Waals surface area contributed by atoms with E-state index in [0.717, 1.165) is 18.4 Å². The normalized spacial score (nSPS) is 11.2.